The molecule has 0 bridgehead atoms. The topological polar surface area (TPSA) is 243 Å². The van der Waals surface area contributed by atoms with Crippen molar-refractivity contribution >= 4 is 74.7 Å². The van der Waals surface area contributed by atoms with Crippen LogP contribution in [0.15, 0.2) is 40.8 Å². The third kappa shape index (κ3) is 5.13. The molecule has 0 saturated carbocycles. The van der Waals surface area contributed by atoms with E-state index in [-0.39, 0.29) is 29.0 Å². The normalized spacial score (nSPS) is 19.1. The number of carbonyl (C=O) groups excluding carboxylic acids is 2. The Morgan fingerprint density at radius 3 is 2.76 bits per heavy atom. The predicted molar refractivity (Wildman–Crippen MR) is 146 cm³/mol. The number of anilines is 2. The van der Waals surface area contributed by atoms with Crippen LogP contribution < -0.4 is 21.4 Å². The number of hydrogen-bond acceptors (Lipinski definition) is 12. The standard InChI is InChI=1S/C23H23N9O7S2/c1-23(2,21(37)38)39-29-13(16-28-22(25)41-30-16)17(33)27-14-18(34)32-15(20(35)36)9(8-40-19(14)32)7-31-5-3-4-10-11(31)6-12(24)26-10/h3-6,14,19H,7-8H2,1-2H3,(H7,24,25,26,27,28,30,33,35,36,37,38)/p+1/b29-13-. The van der Waals surface area contributed by atoms with Gasteiger partial charge in [0, 0.05) is 28.9 Å². The summed E-state index contributed by atoms with van der Waals surface area (Å²) in [5.74, 6) is -3.69. The number of carbonyl (C=O) groups is 4. The van der Waals surface area contributed by atoms with Gasteiger partial charge in [-0.15, -0.1) is 11.8 Å². The lowest BCUT2D eigenvalue weighted by Gasteiger charge is -2.49. The zero-order valence-electron chi connectivity index (χ0n) is 21.5. The third-order valence-electron chi connectivity index (χ3n) is 6.33. The van der Waals surface area contributed by atoms with Crippen LogP contribution in [-0.2, 0) is 30.6 Å². The SMILES string of the molecule is CC(C)(O/N=C(\C(=O)NC1C(=O)N2C(C(=O)O)=C(C[n+]3cccc4[nH]c(N)cc43)CSC12)c1nsc(N)n1)C(=O)O. The van der Waals surface area contributed by atoms with Gasteiger partial charge < -0.3 is 36.8 Å². The number of carboxylic acids is 2. The van der Waals surface area contributed by atoms with Crippen LogP contribution in [0.1, 0.15) is 19.7 Å². The Balaban J connectivity index is 1.38. The number of aliphatic carboxylic acids is 2. The van der Waals surface area contributed by atoms with Gasteiger partial charge in [0.15, 0.2) is 17.9 Å². The highest BCUT2D eigenvalue weighted by Crippen LogP contribution is 2.40. The molecule has 0 radical (unpaired) electrons. The van der Waals surface area contributed by atoms with E-state index in [2.05, 4.69) is 24.8 Å². The number of nitrogens with zero attached hydrogens (tertiary/aromatic N) is 5. The number of fused-ring (bicyclic) bond motifs is 2. The van der Waals surface area contributed by atoms with E-state index in [9.17, 15) is 29.4 Å². The lowest BCUT2D eigenvalue weighted by atomic mass is 10.0. The number of rotatable bonds is 9. The molecule has 5 rings (SSSR count). The minimum absolute atomic E-state index is 0.0198. The van der Waals surface area contributed by atoms with Crippen LogP contribution in [0.5, 0.6) is 0 Å². The van der Waals surface area contributed by atoms with Crippen LogP contribution in [0.25, 0.3) is 11.0 Å². The van der Waals surface area contributed by atoms with E-state index in [1.54, 1.807) is 18.3 Å². The molecule has 3 aromatic heterocycles. The summed E-state index contributed by atoms with van der Waals surface area (Å²) in [5, 5.41) is 24.9. The van der Waals surface area contributed by atoms with Crippen LogP contribution >= 0.6 is 23.3 Å². The van der Waals surface area contributed by atoms with E-state index in [1.165, 1.54) is 25.6 Å². The molecule has 8 N–H and O–H groups in total. The van der Waals surface area contributed by atoms with Crippen molar-refractivity contribution in [1.82, 2.24) is 24.6 Å². The molecule has 5 heterocycles. The Morgan fingerprint density at radius 2 is 2.10 bits per heavy atom. The number of H-pyrrole nitrogens is 1. The number of carboxylic acid groups (broad SMARTS) is 2. The smallest absolute Gasteiger partial charge is 0.352 e. The molecule has 2 unspecified atom stereocenters. The molecule has 0 aromatic carbocycles. The first-order valence-corrected chi connectivity index (χ1v) is 13.8. The number of β-lactam (4-membered cyclic amide) rings is 1. The van der Waals surface area contributed by atoms with Crippen molar-refractivity contribution in [2.75, 3.05) is 17.2 Å². The molecule has 41 heavy (non-hydrogen) atoms. The highest BCUT2D eigenvalue weighted by atomic mass is 32.2. The fourth-order valence-electron chi connectivity index (χ4n) is 4.24. The van der Waals surface area contributed by atoms with E-state index >= 15 is 0 Å². The second-order valence-corrected chi connectivity index (χ2v) is 11.5. The number of nitrogen functional groups attached to an aromatic ring is 2. The maximum atomic E-state index is 13.2. The Kier molecular flexibility index (Phi) is 7.03. The molecule has 2 amide bonds. The van der Waals surface area contributed by atoms with Crippen molar-refractivity contribution < 1.29 is 38.8 Å². The quantitative estimate of drug-likeness (QED) is 0.0785. The number of aromatic nitrogens is 4. The zero-order chi connectivity index (χ0) is 29.6. The lowest BCUT2D eigenvalue weighted by Crippen LogP contribution is -2.71. The molecule has 16 nitrogen and oxygen atoms in total. The second kappa shape index (κ2) is 10.4. The van der Waals surface area contributed by atoms with Gasteiger partial charge in [0.1, 0.15) is 28.4 Å². The van der Waals surface area contributed by atoms with Crippen LogP contribution in [-0.4, -0.2) is 81.7 Å². The van der Waals surface area contributed by atoms with Crippen molar-refractivity contribution in [3.05, 3.63) is 41.5 Å². The van der Waals surface area contributed by atoms with Gasteiger partial charge in [-0.05, 0) is 19.9 Å². The van der Waals surface area contributed by atoms with E-state index < -0.39 is 46.5 Å². The maximum Gasteiger partial charge on any atom is 0.352 e. The Morgan fingerprint density at radius 1 is 1.34 bits per heavy atom. The zero-order valence-corrected chi connectivity index (χ0v) is 23.2. The molecule has 18 heteroatoms. The molecule has 2 aliphatic heterocycles. The van der Waals surface area contributed by atoms with Crippen LogP contribution in [0.2, 0.25) is 0 Å². The molecule has 0 aliphatic carbocycles. The van der Waals surface area contributed by atoms with Gasteiger partial charge in [0.25, 0.3) is 11.8 Å². The lowest BCUT2D eigenvalue weighted by molar-refractivity contribution is -0.663. The van der Waals surface area contributed by atoms with Gasteiger partial charge in [0.05, 0.1) is 6.07 Å². The van der Waals surface area contributed by atoms with Crippen LogP contribution in [0.4, 0.5) is 10.9 Å². The number of oxime groups is 1. The minimum atomic E-state index is -1.79. The highest BCUT2D eigenvalue weighted by molar-refractivity contribution is 8.00. The van der Waals surface area contributed by atoms with Crippen LogP contribution in [0, 0.1) is 0 Å². The molecule has 2 atom stereocenters. The molecular weight excluding hydrogens is 578 g/mol. The summed E-state index contributed by atoms with van der Waals surface area (Å²) >= 11 is 2.06. The molecular formula is C23H24N9O7S2+. The Bertz CT molecular complexity index is 1660. The summed E-state index contributed by atoms with van der Waals surface area (Å²) < 4.78 is 5.76. The van der Waals surface area contributed by atoms with E-state index in [0.717, 1.165) is 27.5 Å². The van der Waals surface area contributed by atoms with Gasteiger partial charge in [-0.1, -0.05) is 5.16 Å². The van der Waals surface area contributed by atoms with Gasteiger partial charge in [-0.25, -0.2) is 9.59 Å². The number of aromatic amines is 1. The number of pyridine rings is 1. The van der Waals surface area contributed by atoms with Crippen LogP contribution in [0.3, 0.4) is 0 Å². The van der Waals surface area contributed by atoms with Crippen molar-refractivity contribution in [3.63, 3.8) is 0 Å². The summed E-state index contributed by atoms with van der Waals surface area (Å²) in [6.07, 6.45) is 1.79. The molecule has 1 saturated heterocycles. The van der Waals surface area contributed by atoms with Crippen molar-refractivity contribution in [3.8, 4) is 0 Å². The highest BCUT2D eigenvalue weighted by Gasteiger charge is 2.55. The number of nitrogens with one attached hydrogen (secondary N) is 2. The predicted octanol–water partition coefficient (Wildman–Crippen LogP) is -0.506. The van der Waals surface area contributed by atoms with Crippen molar-refractivity contribution in [2.24, 2.45) is 5.16 Å². The van der Waals surface area contributed by atoms with E-state index in [0.29, 0.717) is 11.4 Å². The molecule has 2 aliphatic rings. The first kappa shape index (κ1) is 27.8. The summed E-state index contributed by atoms with van der Waals surface area (Å²) in [4.78, 5) is 63.3. The van der Waals surface area contributed by atoms with E-state index in [1.807, 2.05) is 10.6 Å². The summed E-state index contributed by atoms with van der Waals surface area (Å²) in [7, 11) is 0. The molecule has 1 fully saturated rings. The average Bonchev–Trinajstić information content (AvgIpc) is 3.51. The number of nitrogens with two attached hydrogens (primary N) is 2. The number of amides is 2. The summed E-state index contributed by atoms with van der Waals surface area (Å²) in [6.45, 7) is 2.65. The molecule has 3 aromatic rings. The molecule has 214 valence electrons. The average molecular weight is 603 g/mol. The fraction of sp³-hybridized carbons (Fsp3) is 0.304. The van der Waals surface area contributed by atoms with E-state index in [4.69, 9.17) is 16.3 Å². The van der Waals surface area contributed by atoms with Gasteiger partial charge in [-0.3, -0.25) is 14.5 Å². The minimum Gasteiger partial charge on any atom is -0.478 e. The largest absolute Gasteiger partial charge is 0.478 e. The summed E-state index contributed by atoms with van der Waals surface area (Å²) in [5.41, 5.74) is 11.1. The van der Waals surface area contributed by atoms with Crippen molar-refractivity contribution in [1.29, 1.82) is 0 Å². The van der Waals surface area contributed by atoms with Gasteiger partial charge in [-0.2, -0.15) is 13.9 Å². The van der Waals surface area contributed by atoms with Crippen molar-refractivity contribution in [2.45, 2.75) is 37.4 Å². The fourth-order valence-corrected chi connectivity index (χ4v) is 6.01. The number of hydrogen-bond donors (Lipinski definition) is 6. The second-order valence-electron chi connectivity index (χ2n) is 9.58. The Hall–Kier alpha value is -4.71. The number of thioether (sulfide) groups is 1. The van der Waals surface area contributed by atoms with Gasteiger partial charge in [0.2, 0.25) is 22.7 Å². The third-order valence-corrected chi connectivity index (χ3v) is 8.21. The first-order valence-electron chi connectivity index (χ1n) is 11.9. The monoisotopic (exact) mass is 602 g/mol. The Labute approximate surface area is 239 Å². The maximum absolute atomic E-state index is 13.2. The summed E-state index contributed by atoms with van der Waals surface area (Å²) in [6, 6.07) is 4.27. The molecule has 0 spiro atoms. The van der Waals surface area contributed by atoms with Gasteiger partial charge >= 0.3 is 11.9 Å². The first-order chi connectivity index (χ1) is 19.4.